The number of hydrogen-bond donors (Lipinski definition) is 2. The molecule has 4 heterocycles. The molecule has 4 aromatic carbocycles. The molecule has 0 unspecified atom stereocenters. The molecule has 2 amide bonds. The van der Waals surface area contributed by atoms with Crippen LogP contribution >= 0.6 is 58.2 Å². The minimum atomic E-state index is -0.769. The van der Waals surface area contributed by atoms with Gasteiger partial charge >= 0.3 is 11.9 Å². The SMILES string of the molecule is O=C(O)C1CCN(c2cccc(-c3cc(Sc4cc(-c5cccc(N6CCC(C(=O)O)CC6)c5)c(/C=C/C(=O)N5CCCC5)c(Cl)c4Cl)c(Cl)c(Cl)c3/C=C/C(=O)N3CCCC3)c2)CC1. The van der Waals surface area contributed by atoms with E-state index in [1.807, 2.05) is 58.3 Å². The number of carbonyl (C=O) groups excluding carboxylic acids is 2. The molecule has 0 aromatic heterocycles. The fourth-order valence-corrected chi connectivity index (χ4v) is 11.4. The Morgan fingerprint density at radius 2 is 0.892 bits per heavy atom. The molecule has 4 aliphatic heterocycles. The molecular formula is C50H50Cl4N4O6S. The summed E-state index contributed by atoms with van der Waals surface area (Å²) >= 11 is 30.2. The first-order chi connectivity index (χ1) is 31.4. The number of carbonyl (C=O) groups is 4. The third-order valence-corrected chi connectivity index (χ3v) is 16.1. The maximum Gasteiger partial charge on any atom is 0.306 e. The second kappa shape index (κ2) is 20.9. The number of amides is 2. The first-order valence-electron chi connectivity index (χ1n) is 22.2. The van der Waals surface area contributed by atoms with Gasteiger partial charge in [0, 0.05) is 96.8 Å². The highest BCUT2D eigenvalue weighted by molar-refractivity contribution is 7.99. The summed E-state index contributed by atoms with van der Waals surface area (Å²) in [5.41, 5.74) is 6.15. The van der Waals surface area contributed by atoms with E-state index in [2.05, 4.69) is 21.9 Å². The van der Waals surface area contributed by atoms with E-state index in [0.717, 1.165) is 59.3 Å². The van der Waals surface area contributed by atoms with Gasteiger partial charge in [-0.2, -0.15) is 0 Å². The van der Waals surface area contributed by atoms with Crippen LogP contribution in [0, 0.1) is 11.8 Å². The minimum Gasteiger partial charge on any atom is -0.481 e. The Kier molecular flexibility index (Phi) is 15.1. The molecule has 0 aliphatic carbocycles. The van der Waals surface area contributed by atoms with Gasteiger partial charge < -0.3 is 29.8 Å². The number of benzene rings is 4. The van der Waals surface area contributed by atoms with Crippen molar-refractivity contribution in [3.8, 4) is 22.3 Å². The molecule has 0 saturated carbocycles. The molecule has 2 N–H and O–H groups in total. The van der Waals surface area contributed by atoms with Crippen LogP contribution in [0.3, 0.4) is 0 Å². The summed E-state index contributed by atoms with van der Waals surface area (Å²) in [6, 6.07) is 19.9. The van der Waals surface area contributed by atoms with E-state index in [1.54, 1.807) is 24.3 Å². The van der Waals surface area contributed by atoms with Gasteiger partial charge in [0.05, 0.1) is 31.9 Å². The van der Waals surface area contributed by atoms with Gasteiger partial charge in [-0.3, -0.25) is 19.2 Å². The lowest BCUT2D eigenvalue weighted by atomic mass is 9.95. The second-order valence-corrected chi connectivity index (χ2v) is 19.7. The quantitative estimate of drug-likeness (QED) is 0.134. The molecule has 0 atom stereocenters. The molecule has 8 rings (SSSR count). The van der Waals surface area contributed by atoms with Crippen molar-refractivity contribution in [2.45, 2.75) is 61.2 Å². The van der Waals surface area contributed by atoms with Crippen LogP contribution < -0.4 is 9.80 Å². The number of hydrogen-bond acceptors (Lipinski definition) is 7. The van der Waals surface area contributed by atoms with Crippen molar-refractivity contribution < 1.29 is 29.4 Å². The zero-order valence-corrected chi connectivity index (χ0v) is 39.6. The number of carboxylic acid groups (broad SMARTS) is 2. The number of aliphatic carboxylic acids is 2. The molecule has 4 aromatic rings. The van der Waals surface area contributed by atoms with Crippen LogP contribution in [0.25, 0.3) is 34.4 Å². The highest BCUT2D eigenvalue weighted by atomic mass is 35.5. The normalized spacial score (nSPS) is 17.5. The van der Waals surface area contributed by atoms with Crippen LogP contribution in [0.5, 0.6) is 0 Å². The molecule has 10 nitrogen and oxygen atoms in total. The number of piperidine rings is 2. The molecule has 15 heteroatoms. The van der Waals surface area contributed by atoms with Crippen molar-refractivity contribution in [3.05, 3.63) is 104 Å². The summed E-state index contributed by atoms with van der Waals surface area (Å²) < 4.78 is 0. The van der Waals surface area contributed by atoms with Gasteiger partial charge in [-0.05, 0) is 122 Å². The van der Waals surface area contributed by atoms with Gasteiger partial charge in [-0.25, -0.2) is 0 Å². The Balaban J connectivity index is 1.20. The average molecular weight is 977 g/mol. The fourth-order valence-electron chi connectivity index (χ4n) is 9.21. The summed E-state index contributed by atoms with van der Waals surface area (Å²) in [6.07, 6.45) is 12.6. The first-order valence-corrected chi connectivity index (χ1v) is 24.5. The van der Waals surface area contributed by atoms with E-state index in [-0.39, 0.29) is 43.7 Å². The number of rotatable bonds is 12. The van der Waals surface area contributed by atoms with Crippen molar-refractivity contribution in [1.29, 1.82) is 0 Å². The number of anilines is 2. The molecule has 4 fully saturated rings. The Hall–Kier alpha value is -4.65. The molecule has 65 heavy (non-hydrogen) atoms. The van der Waals surface area contributed by atoms with Crippen molar-refractivity contribution in [1.82, 2.24) is 9.80 Å². The largest absolute Gasteiger partial charge is 0.481 e. The van der Waals surface area contributed by atoms with Crippen molar-refractivity contribution in [2.75, 3.05) is 62.2 Å². The Morgan fingerprint density at radius 1 is 0.523 bits per heavy atom. The monoisotopic (exact) mass is 974 g/mol. The molecule has 4 saturated heterocycles. The highest BCUT2D eigenvalue weighted by Gasteiger charge is 2.28. The van der Waals surface area contributed by atoms with Crippen LogP contribution in [0.4, 0.5) is 11.4 Å². The van der Waals surface area contributed by atoms with E-state index in [4.69, 9.17) is 46.4 Å². The van der Waals surface area contributed by atoms with Crippen molar-refractivity contribution >= 4 is 105 Å². The van der Waals surface area contributed by atoms with Gasteiger partial charge in [-0.15, -0.1) is 0 Å². The lowest BCUT2D eigenvalue weighted by Gasteiger charge is -2.32. The smallest absolute Gasteiger partial charge is 0.306 e. The number of likely N-dealkylation sites (tertiary alicyclic amines) is 2. The molecule has 0 radical (unpaired) electrons. The summed E-state index contributed by atoms with van der Waals surface area (Å²) in [5.74, 6) is -2.49. The van der Waals surface area contributed by atoms with Gasteiger partial charge in [0.25, 0.3) is 0 Å². The first kappa shape index (κ1) is 46.9. The average Bonchev–Trinajstić information content (AvgIpc) is 4.08. The van der Waals surface area contributed by atoms with E-state index >= 15 is 0 Å². The maximum atomic E-state index is 13.3. The van der Waals surface area contributed by atoms with Crippen molar-refractivity contribution in [3.63, 3.8) is 0 Å². The third kappa shape index (κ3) is 10.7. The van der Waals surface area contributed by atoms with Crippen LogP contribution in [0.1, 0.15) is 62.5 Å². The van der Waals surface area contributed by atoms with Gasteiger partial charge in [0.2, 0.25) is 11.8 Å². The summed E-state index contributed by atoms with van der Waals surface area (Å²) in [5, 5.41) is 20.3. The Bertz CT molecular complexity index is 2370. The second-order valence-electron chi connectivity index (χ2n) is 17.1. The fraction of sp³-hybridized carbons (Fsp3) is 0.360. The third-order valence-electron chi connectivity index (χ3n) is 13.0. The Labute approximate surface area is 403 Å². The highest BCUT2D eigenvalue weighted by Crippen LogP contribution is 2.49. The van der Waals surface area contributed by atoms with Crippen LogP contribution in [0.2, 0.25) is 20.1 Å². The topological polar surface area (TPSA) is 122 Å². The summed E-state index contributed by atoms with van der Waals surface area (Å²) in [7, 11) is 0. The van der Waals surface area contributed by atoms with E-state index < -0.39 is 11.9 Å². The molecule has 4 aliphatic rings. The molecule has 0 spiro atoms. The predicted octanol–water partition coefficient (Wildman–Crippen LogP) is 11.7. The van der Waals surface area contributed by atoms with Gasteiger partial charge in [0.1, 0.15) is 0 Å². The molecule has 340 valence electrons. The van der Waals surface area contributed by atoms with E-state index in [9.17, 15) is 29.4 Å². The number of nitrogens with zero attached hydrogens (tertiary/aromatic N) is 4. The summed E-state index contributed by atoms with van der Waals surface area (Å²) in [6.45, 7) is 5.21. The van der Waals surface area contributed by atoms with E-state index in [0.29, 0.717) is 99.0 Å². The van der Waals surface area contributed by atoms with E-state index in [1.165, 1.54) is 11.8 Å². The molecule has 0 bridgehead atoms. The number of halogens is 4. The maximum absolute atomic E-state index is 13.3. The molecular weight excluding hydrogens is 926 g/mol. The predicted molar refractivity (Wildman–Crippen MR) is 263 cm³/mol. The lowest BCUT2D eigenvalue weighted by molar-refractivity contribution is -0.143. The zero-order chi connectivity index (χ0) is 45.8. The summed E-state index contributed by atoms with van der Waals surface area (Å²) in [4.78, 5) is 59.2. The van der Waals surface area contributed by atoms with Crippen LogP contribution in [-0.2, 0) is 19.2 Å². The van der Waals surface area contributed by atoms with Crippen LogP contribution in [0.15, 0.2) is 82.6 Å². The number of carboxylic acids is 2. The van der Waals surface area contributed by atoms with Gasteiger partial charge in [0.15, 0.2) is 0 Å². The van der Waals surface area contributed by atoms with Crippen molar-refractivity contribution in [2.24, 2.45) is 11.8 Å². The Morgan fingerprint density at radius 3 is 1.25 bits per heavy atom. The standard InChI is InChI=1S/C50H50Cl4N4O6S/c51-45-37(11-13-43(59)57-19-1-2-20-57)39(33-7-5-9-35(27-33)55-23-15-31(16-24-55)49(61)62)29-41(47(45)53)65-42-30-40(38(46(52)48(42)54)12-14-44(60)58-21-3-4-22-58)34-8-6-10-36(28-34)56-25-17-32(18-26-56)50(63)64/h5-14,27-32H,1-4,15-26H2,(H,61,62)(H,63,64)/b13-11+,14-12+. The minimum absolute atomic E-state index is 0.104. The zero-order valence-electron chi connectivity index (χ0n) is 35.8. The lowest BCUT2D eigenvalue weighted by Crippen LogP contribution is -2.36. The van der Waals surface area contributed by atoms with Crippen LogP contribution in [-0.4, -0.2) is 96.1 Å². The van der Waals surface area contributed by atoms with Gasteiger partial charge in [-0.1, -0.05) is 82.4 Å².